The molecule has 0 fully saturated rings. The Morgan fingerprint density at radius 2 is 1.65 bits per heavy atom. The summed E-state index contributed by atoms with van der Waals surface area (Å²) in [5.74, 6) is 0. The Morgan fingerprint density at radius 3 is 2.35 bits per heavy atom. The number of aliphatic hydroxyl groups excluding tert-OH is 1. The molecule has 2 rings (SSSR count). The molecule has 0 spiro atoms. The first-order chi connectivity index (χ1) is 8.33. The highest BCUT2D eigenvalue weighted by molar-refractivity contribution is 5.35. The summed E-state index contributed by atoms with van der Waals surface area (Å²) in [7, 11) is 1.66. The molecule has 0 heterocycles. The molecule has 0 aliphatic carbocycles. The van der Waals surface area contributed by atoms with Crippen molar-refractivity contribution in [3.05, 3.63) is 71.3 Å². The number of benzene rings is 2. The second-order valence-corrected chi connectivity index (χ2v) is 3.95. The largest absolute Gasteiger partial charge is 0.384 e. The second-order valence-electron chi connectivity index (χ2n) is 3.95. The molecule has 1 atom stereocenters. The van der Waals surface area contributed by atoms with Crippen molar-refractivity contribution in [3.63, 3.8) is 0 Å². The number of methoxy groups -OCH3 is 1. The van der Waals surface area contributed by atoms with Crippen molar-refractivity contribution < 1.29 is 9.84 Å². The van der Waals surface area contributed by atoms with Crippen molar-refractivity contribution in [1.29, 1.82) is 0 Å². The maximum absolute atomic E-state index is 10.3. The molecule has 17 heavy (non-hydrogen) atoms. The molecule has 88 valence electrons. The van der Waals surface area contributed by atoms with Crippen molar-refractivity contribution in [2.24, 2.45) is 0 Å². The summed E-state index contributed by atoms with van der Waals surface area (Å²) in [6.45, 7) is 0.514. The van der Waals surface area contributed by atoms with E-state index in [2.05, 4.69) is 0 Å². The van der Waals surface area contributed by atoms with Gasteiger partial charge in [0.2, 0.25) is 0 Å². The van der Waals surface area contributed by atoms with Crippen LogP contribution in [0.1, 0.15) is 22.8 Å². The Morgan fingerprint density at radius 1 is 1.00 bits per heavy atom. The molecule has 1 N–H and O–H groups in total. The zero-order valence-electron chi connectivity index (χ0n) is 9.84. The molecule has 1 unspecified atom stereocenters. The highest BCUT2D eigenvalue weighted by Crippen LogP contribution is 2.25. The Hall–Kier alpha value is -1.64. The van der Waals surface area contributed by atoms with E-state index in [1.807, 2.05) is 54.6 Å². The zero-order valence-corrected chi connectivity index (χ0v) is 9.84. The van der Waals surface area contributed by atoms with E-state index in [-0.39, 0.29) is 0 Å². The predicted octanol–water partition coefficient (Wildman–Crippen LogP) is 2.91. The number of hydrogen-bond acceptors (Lipinski definition) is 2. The van der Waals surface area contributed by atoms with Gasteiger partial charge in [0.25, 0.3) is 0 Å². The summed E-state index contributed by atoms with van der Waals surface area (Å²) in [6.07, 6.45) is -0.595. The predicted molar refractivity (Wildman–Crippen MR) is 67.7 cm³/mol. The molecule has 0 aliphatic heterocycles. The van der Waals surface area contributed by atoms with Crippen LogP contribution in [0.25, 0.3) is 0 Å². The first-order valence-corrected chi connectivity index (χ1v) is 5.62. The molecule has 2 aromatic rings. The fourth-order valence-electron chi connectivity index (χ4n) is 1.90. The van der Waals surface area contributed by atoms with Gasteiger partial charge in [0.15, 0.2) is 0 Å². The second kappa shape index (κ2) is 5.62. The molecule has 2 nitrogen and oxygen atoms in total. The topological polar surface area (TPSA) is 29.5 Å². The molecule has 0 aromatic heterocycles. The Balaban J connectivity index is 2.33. The molecular weight excluding hydrogens is 212 g/mol. The van der Waals surface area contributed by atoms with E-state index in [0.717, 1.165) is 16.7 Å². The maximum atomic E-state index is 10.3. The molecule has 0 bridgehead atoms. The first kappa shape index (κ1) is 11.8. The molecule has 2 aromatic carbocycles. The minimum Gasteiger partial charge on any atom is -0.384 e. The number of rotatable bonds is 4. The highest BCUT2D eigenvalue weighted by Gasteiger charge is 2.13. The normalized spacial score (nSPS) is 12.4. The van der Waals surface area contributed by atoms with Gasteiger partial charge < -0.3 is 9.84 Å². The molecule has 0 amide bonds. The number of aliphatic hydroxyl groups is 1. The summed E-state index contributed by atoms with van der Waals surface area (Å²) in [6, 6.07) is 17.4. The Kier molecular flexibility index (Phi) is 3.91. The minimum atomic E-state index is -0.595. The molecular formula is C15H16O2. The first-order valence-electron chi connectivity index (χ1n) is 5.62. The van der Waals surface area contributed by atoms with Crippen molar-refractivity contribution in [2.75, 3.05) is 7.11 Å². The molecule has 0 saturated carbocycles. The lowest BCUT2D eigenvalue weighted by Gasteiger charge is -2.15. The smallest absolute Gasteiger partial charge is 0.104 e. The van der Waals surface area contributed by atoms with Crippen LogP contribution < -0.4 is 0 Å². The summed E-state index contributed by atoms with van der Waals surface area (Å²) >= 11 is 0. The van der Waals surface area contributed by atoms with E-state index >= 15 is 0 Å². The van der Waals surface area contributed by atoms with Crippen LogP contribution in [0.3, 0.4) is 0 Å². The highest BCUT2D eigenvalue weighted by atomic mass is 16.5. The average molecular weight is 228 g/mol. The lowest BCUT2D eigenvalue weighted by molar-refractivity contribution is 0.176. The van der Waals surface area contributed by atoms with Gasteiger partial charge in [-0.05, 0) is 16.7 Å². The van der Waals surface area contributed by atoms with Gasteiger partial charge in [0.1, 0.15) is 6.10 Å². The van der Waals surface area contributed by atoms with Gasteiger partial charge in [-0.3, -0.25) is 0 Å². The third-order valence-electron chi connectivity index (χ3n) is 2.76. The van der Waals surface area contributed by atoms with Crippen LogP contribution in [0.2, 0.25) is 0 Å². The van der Waals surface area contributed by atoms with Crippen molar-refractivity contribution in [1.82, 2.24) is 0 Å². The fraction of sp³-hybridized carbons (Fsp3) is 0.200. The van der Waals surface area contributed by atoms with Crippen molar-refractivity contribution in [3.8, 4) is 0 Å². The fourth-order valence-corrected chi connectivity index (χ4v) is 1.90. The molecule has 2 heteroatoms. The quantitative estimate of drug-likeness (QED) is 0.871. The number of ether oxygens (including phenoxy) is 1. The van der Waals surface area contributed by atoms with Gasteiger partial charge in [-0.1, -0.05) is 54.6 Å². The van der Waals surface area contributed by atoms with Gasteiger partial charge in [-0.25, -0.2) is 0 Å². The van der Waals surface area contributed by atoms with E-state index in [1.165, 1.54) is 0 Å². The Bertz CT molecular complexity index is 465. The average Bonchev–Trinajstić information content (AvgIpc) is 2.40. The Labute approximate surface area is 101 Å². The summed E-state index contributed by atoms with van der Waals surface area (Å²) in [4.78, 5) is 0. The molecule has 0 saturated heterocycles. The van der Waals surface area contributed by atoms with Crippen molar-refractivity contribution >= 4 is 0 Å². The summed E-state index contributed by atoms with van der Waals surface area (Å²) in [5, 5.41) is 10.3. The lowest BCUT2D eigenvalue weighted by atomic mass is 9.97. The molecule has 0 radical (unpaired) electrons. The van der Waals surface area contributed by atoms with Gasteiger partial charge in [0, 0.05) is 7.11 Å². The standard InChI is InChI=1S/C15H16O2/c1-17-11-13-9-5-6-10-14(13)15(16)12-7-3-2-4-8-12/h2-10,15-16H,11H2,1H3. The lowest BCUT2D eigenvalue weighted by Crippen LogP contribution is -2.04. The van der Waals surface area contributed by atoms with Gasteiger partial charge in [-0.2, -0.15) is 0 Å². The van der Waals surface area contributed by atoms with Crippen LogP contribution >= 0.6 is 0 Å². The van der Waals surface area contributed by atoms with E-state index in [4.69, 9.17) is 4.74 Å². The molecule has 0 aliphatic rings. The summed E-state index contributed by atoms with van der Waals surface area (Å²) in [5.41, 5.74) is 2.82. The summed E-state index contributed by atoms with van der Waals surface area (Å²) < 4.78 is 5.14. The van der Waals surface area contributed by atoms with E-state index in [0.29, 0.717) is 6.61 Å². The zero-order chi connectivity index (χ0) is 12.1. The van der Waals surface area contributed by atoms with Gasteiger partial charge in [-0.15, -0.1) is 0 Å². The number of hydrogen-bond donors (Lipinski definition) is 1. The van der Waals surface area contributed by atoms with Crippen LogP contribution in [0.5, 0.6) is 0 Å². The van der Waals surface area contributed by atoms with Crippen LogP contribution in [-0.2, 0) is 11.3 Å². The van der Waals surface area contributed by atoms with Crippen LogP contribution in [0.15, 0.2) is 54.6 Å². The van der Waals surface area contributed by atoms with Crippen LogP contribution in [0, 0.1) is 0 Å². The van der Waals surface area contributed by atoms with Crippen LogP contribution in [-0.4, -0.2) is 12.2 Å². The SMILES string of the molecule is COCc1ccccc1C(O)c1ccccc1. The maximum Gasteiger partial charge on any atom is 0.104 e. The van der Waals surface area contributed by atoms with Gasteiger partial charge >= 0.3 is 0 Å². The van der Waals surface area contributed by atoms with E-state index in [9.17, 15) is 5.11 Å². The van der Waals surface area contributed by atoms with E-state index < -0.39 is 6.10 Å². The van der Waals surface area contributed by atoms with Crippen molar-refractivity contribution in [2.45, 2.75) is 12.7 Å². The monoisotopic (exact) mass is 228 g/mol. The van der Waals surface area contributed by atoms with E-state index in [1.54, 1.807) is 7.11 Å². The third kappa shape index (κ3) is 2.73. The van der Waals surface area contributed by atoms with Gasteiger partial charge in [0.05, 0.1) is 6.61 Å². The minimum absolute atomic E-state index is 0.514. The van der Waals surface area contributed by atoms with Crippen LogP contribution in [0.4, 0.5) is 0 Å². The third-order valence-corrected chi connectivity index (χ3v) is 2.76.